The molecule has 1 N–H and O–H groups in total. The zero-order valence-corrected chi connectivity index (χ0v) is 18.1. The molecule has 2 aromatic carbocycles. The predicted molar refractivity (Wildman–Crippen MR) is 121 cm³/mol. The van der Waals surface area contributed by atoms with Crippen molar-refractivity contribution in [3.05, 3.63) is 88.6 Å². The summed E-state index contributed by atoms with van der Waals surface area (Å²) in [4.78, 5) is 27.6. The summed E-state index contributed by atoms with van der Waals surface area (Å²) in [6.07, 6.45) is 2.02. The van der Waals surface area contributed by atoms with Crippen molar-refractivity contribution in [3.8, 4) is 0 Å². The Morgan fingerprint density at radius 2 is 1.79 bits per heavy atom. The minimum absolute atomic E-state index is 0.0667. The molecule has 1 unspecified atom stereocenters. The van der Waals surface area contributed by atoms with Crippen molar-refractivity contribution in [2.45, 2.75) is 17.4 Å². The van der Waals surface area contributed by atoms with Crippen LogP contribution in [-0.2, 0) is 10.0 Å². The molecule has 1 saturated heterocycles. The summed E-state index contributed by atoms with van der Waals surface area (Å²) in [6, 6.07) is 15.7. The number of nitro groups is 1. The Morgan fingerprint density at radius 1 is 1.09 bits per heavy atom. The zero-order chi connectivity index (χ0) is 23.6. The Labute approximate surface area is 189 Å². The third kappa shape index (κ3) is 4.48. The fourth-order valence-electron chi connectivity index (χ4n) is 3.83. The fourth-order valence-corrected chi connectivity index (χ4v) is 5.45. The van der Waals surface area contributed by atoms with Crippen LogP contribution < -0.4 is 9.21 Å². The average Bonchev–Trinajstić information content (AvgIpc) is 3.29. The smallest absolute Gasteiger partial charge is 0.335 e. The van der Waals surface area contributed by atoms with Gasteiger partial charge in [0.2, 0.25) is 0 Å². The van der Waals surface area contributed by atoms with Crippen molar-refractivity contribution in [3.63, 3.8) is 0 Å². The van der Waals surface area contributed by atoms with Gasteiger partial charge in [0.1, 0.15) is 5.82 Å². The number of carboxylic acid groups (broad SMARTS) is 1. The standard InChI is InChI=1S/C22H20N4O6S/c27-22(28)16-4-6-17(7-5-16)24-14-12-19(15-24)25(21-3-1-2-13-23-21)33(31,32)20-10-8-18(9-11-20)26(29)30/h1-11,13,19H,12,14-15H2,(H,27,28). The monoisotopic (exact) mass is 468 g/mol. The van der Waals surface area contributed by atoms with Gasteiger partial charge in [-0.1, -0.05) is 6.07 Å². The van der Waals surface area contributed by atoms with Crippen LogP contribution in [0.3, 0.4) is 0 Å². The molecule has 10 nitrogen and oxygen atoms in total. The average molecular weight is 468 g/mol. The molecule has 0 spiro atoms. The van der Waals surface area contributed by atoms with Crippen LogP contribution in [0, 0.1) is 10.1 Å². The van der Waals surface area contributed by atoms with Crippen LogP contribution in [0.5, 0.6) is 0 Å². The highest BCUT2D eigenvalue weighted by Gasteiger charge is 2.37. The Hall–Kier alpha value is -3.99. The van der Waals surface area contributed by atoms with Gasteiger partial charge in [-0.3, -0.25) is 10.1 Å². The van der Waals surface area contributed by atoms with Crippen molar-refractivity contribution in [1.82, 2.24) is 4.98 Å². The Kier molecular flexibility index (Phi) is 5.97. The number of aromatic nitrogens is 1. The number of carbonyl (C=O) groups is 1. The van der Waals surface area contributed by atoms with Crippen LogP contribution in [0.25, 0.3) is 0 Å². The largest absolute Gasteiger partial charge is 0.478 e. The van der Waals surface area contributed by atoms with Gasteiger partial charge >= 0.3 is 5.97 Å². The highest BCUT2D eigenvalue weighted by atomic mass is 32.2. The molecule has 3 aromatic rings. The van der Waals surface area contributed by atoms with E-state index in [1.54, 1.807) is 30.3 Å². The van der Waals surface area contributed by atoms with Gasteiger partial charge in [0.15, 0.2) is 0 Å². The quantitative estimate of drug-likeness (QED) is 0.413. The summed E-state index contributed by atoms with van der Waals surface area (Å²) in [7, 11) is -4.06. The molecule has 0 saturated carbocycles. The van der Waals surface area contributed by atoms with E-state index >= 15 is 0 Å². The molecule has 0 aliphatic carbocycles. The van der Waals surface area contributed by atoms with E-state index in [9.17, 15) is 23.3 Å². The van der Waals surface area contributed by atoms with Gasteiger partial charge in [-0.25, -0.2) is 22.5 Å². The summed E-state index contributed by atoms with van der Waals surface area (Å²) in [5.74, 6) is -0.764. The van der Waals surface area contributed by atoms with Crippen LogP contribution in [-0.4, -0.2) is 48.5 Å². The number of carboxylic acids is 1. The highest BCUT2D eigenvalue weighted by molar-refractivity contribution is 7.92. The van der Waals surface area contributed by atoms with Crippen LogP contribution in [0.4, 0.5) is 17.2 Å². The second kappa shape index (κ2) is 8.87. The molecule has 11 heteroatoms. The third-order valence-electron chi connectivity index (χ3n) is 5.45. The molecule has 4 rings (SSSR count). The lowest BCUT2D eigenvalue weighted by molar-refractivity contribution is -0.384. The Balaban J connectivity index is 1.65. The fraction of sp³-hybridized carbons (Fsp3) is 0.182. The van der Waals surface area contributed by atoms with E-state index in [-0.39, 0.29) is 22.0 Å². The van der Waals surface area contributed by atoms with Crippen molar-refractivity contribution < 1.29 is 23.2 Å². The molecule has 1 fully saturated rings. The number of nitro benzene ring substituents is 1. The summed E-state index contributed by atoms with van der Waals surface area (Å²) < 4.78 is 28.5. The Bertz CT molecular complexity index is 1260. The number of hydrogen-bond acceptors (Lipinski definition) is 7. The SMILES string of the molecule is O=C(O)c1ccc(N2CCC(N(c3ccccn3)S(=O)(=O)c3ccc([N+](=O)[O-])cc3)C2)cc1. The lowest BCUT2D eigenvalue weighted by atomic mass is 10.2. The molecule has 2 heterocycles. The lowest BCUT2D eigenvalue weighted by Crippen LogP contribution is -2.42. The number of rotatable bonds is 7. The van der Waals surface area contributed by atoms with E-state index in [1.165, 1.54) is 34.8 Å². The van der Waals surface area contributed by atoms with Gasteiger partial charge in [-0.2, -0.15) is 0 Å². The molecule has 1 aromatic heterocycles. The van der Waals surface area contributed by atoms with Crippen LogP contribution in [0.15, 0.2) is 77.8 Å². The summed E-state index contributed by atoms with van der Waals surface area (Å²) >= 11 is 0. The van der Waals surface area contributed by atoms with E-state index in [1.807, 2.05) is 4.90 Å². The number of anilines is 2. The van der Waals surface area contributed by atoms with Crippen LogP contribution in [0.1, 0.15) is 16.8 Å². The van der Waals surface area contributed by atoms with E-state index in [4.69, 9.17) is 5.11 Å². The summed E-state index contributed by atoms with van der Waals surface area (Å²) in [6.45, 7) is 0.936. The van der Waals surface area contributed by atoms with E-state index in [0.29, 0.717) is 19.5 Å². The first-order chi connectivity index (χ1) is 15.8. The Morgan fingerprint density at radius 3 is 2.36 bits per heavy atom. The van der Waals surface area contributed by atoms with Crippen molar-refractivity contribution in [2.75, 3.05) is 22.3 Å². The minimum atomic E-state index is -4.06. The topological polar surface area (TPSA) is 134 Å². The van der Waals surface area contributed by atoms with Crippen molar-refractivity contribution in [2.24, 2.45) is 0 Å². The number of benzene rings is 2. The highest BCUT2D eigenvalue weighted by Crippen LogP contribution is 2.31. The first-order valence-electron chi connectivity index (χ1n) is 10.1. The van der Waals surface area contributed by atoms with E-state index in [2.05, 4.69) is 4.98 Å². The maximum Gasteiger partial charge on any atom is 0.335 e. The van der Waals surface area contributed by atoms with Gasteiger partial charge in [-0.05, 0) is 55.0 Å². The molecule has 1 atom stereocenters. The number of non-ortho nitro benzene ring substituents is 1. The number of hydrogen-bond donors (Lipinski definition) is 1. The molecule has 0 amide bonds. The second-order valence-electron chi connectivity index (χ2n) is 7.48. The predicted octanol–water partition coefficient (Wildman–Crippen LogP) is 3.16. The summed E-state index contributed by atoms with van der Waals surface area (Å²) in [5.41, 5.74) is 0.761. The number of sulfonamides is 1. The molecule has 0 bridgehead atoms. The first-order valence-corrected chi connectivity index (χ1v) is 11.5. The number of aromatic carboxylic acids is 1. The molecule has 1 aliphatic heterocycles. The van der Waals surface area contributed by atoms with Crippen molar-refractivity contribution in [1.29, 1.82) is 0 Å². The molecule has 1 aliphatic rings. The number of nitrogens with zero attached hydrogens (tertiary/aromatic N) is 4. The maximum absolute atomic E-state index is 13.6. The molecular weight excluding hydrogens is 448 g/mol. The van der Waals surface area contributed by atoms with E-state index in [0.717, 1.165) is 17.8 Å². The maximum atomic E-state index is 13.6. The normalized spacial score (nSPS) is 15.9. The molecule has 170 valence electrons. The van der Waals surface area contributed by atoms with Crippen molar-refractivity contribution >= 4 is 33.2 Å². The van der Waals surface area contributed by atoms with Gasteiger partial charge in [0.05, 0.1) is 21.4 Å². The second-order valence-corrected chi connectivity index (χ2v) is 9.30. The molecular formula is C22H20N4O6S. The van der Waals surface area contributed by atoms with Gasteiger partial charge < -0.3 is 10.0 Å². The van der Waals surface area contributed by atoms with Gasteiger partial charge in [-0.15, -0.1) is 0 Å². The van der Waals surface area contributed by atoms with Crippen LogP contribution >= 0.6 is 0 Å². The summed E-state index contributed by atoms with van der Waals surface area (Å²) in [5, 5.41) is 20.0. The van der Waals surface area contributed by atoms with Gasteiger partial charge in [0, 0.05) is 37.1 Å². The first kappa shape index (κ1) is 22.2. The van der Waals surface area contributed by atoms with E-state index < -0.39 is 27.0 Å². The van der Waals surface area contributed by atoms with Crippen LogP contribution in [0.2, 0.25) is 0 Å². The molecule has 33 heavy (non-hydrogen) atoms. The molecule has 0 radical (unpaired) electrons. The number of pyridine rings is 1. The van der Waals surface area contributed by atoms with Gasteiger partial charge in [0.25, 0.3) is 15.7 Å². The minimum Gasteiger partial charge on any atom is -0.478 e. The third-order valence-corrected chi connectivity index (χ3v) is 7.32. The zero-order valence-electron chi connectivity index (χ0n) is 17.3. The lowest BCUT2D eigenvalue weighted by Gasteiger charge is -2.29.